The summed E-state index contributed by atoms with van der Waals surface area (Å²) in [6.45, 7) is 0. The van der Waals surface area contributed by atoms with Crippen LogP contribution in [-0.4, -0.2) is 18.0 Å². The Labute approximate surface area is 88.8 Å². The van der Waals surface area contributed by atoms with Crippen LogP contribution in [0.4, 0.5) is 0 Å². The van der Waals surface area contributed by atoms with Crippen molar-refractivity contribution in [3.05, 3.63) is 29.8 Å². The molecule has 1 N–H and O–H groups in total. The van der Waals surface area contributed by atoms with Gasteiger partial charge in [0.05, 0.1) is 7.11 Å². The summed E-state index contributed by atoms with van der Waals surface area (Å²) in [5.41, 5.74) is 0.945. The van der Waals surface area contributed by atoms with Crippen LogP contribution in [0.2, 0.25) is 0 Å². The van der Waals surface area contributed by atoms with Gasteiger partial charge in [-0.25, -0.2) is 0 Å². The summed E-state index contributed by atoms with van der Waals surface area (Å²) in [6.07, 6.45) is 0.899. The minimum atomic E-state index is -2.27. The summed E-state index contributed by atoms with van der Waals surface area (Å²) >= 11 is 0. The van der Waals surface area contributed by atoms with Crippen molar-refractivity contribution >= 4 is 19.3 Å². The molecule has 5 heteroatoms. The van der Waals surface area contributed by atoms with Crippen LogP contribution < -0.4 is 5.30 Å². The van der Waals surface area contributed by atoms with E-state index in [1.54, 1.807) is 24.3 Å². The Balaban J connectivity index is 2.57. The van der Waals surface area contributed by atoms with E-state index in [4.69, 9.17) is 4.89 Å². The van der Waals surface area contributed by atoms with Crippen molar-refractivity contribution in [2.45, 2.75) is 12.8 Å². The van der Waals surface area contributed by atoms with Gasteiger partial charge >= 0.3 is 14.0 Å². The molecule has 80 valence electrons. The second-order valence-corrected chi connectivity index (χ2v) is 4.08. The van der Waals surface area contributed by atoms with Gasteiger partial charge in [0.25, 0.3) is 0 Å². The Morgan fingerprint density at radius 3 is 2.47 bits per heavy atom. The second kappa shape index (κ2) is 5.59. The van der Waals surface area contributed by atoms with Gasteiger partial charge in [0.2, 0.25) is 5.30 Å². The van der Waals surface area contributed by atoms with E-state index in [1.165, 1.54) is 7.11 Å². The molecular formula is C10H12O4P+. The number of benzene rings is 1. The summed E-state index contributed by atoms with van der Waals surface area (Å²) in [5, 5.41) is 0.395. The van der Waals surface area contributed by atoms with Crippen LogP contribution in [-0.2, 0) is 20.5 Å². The first-order valence-corrected chi connectivity index (χ1v) is 5.66. The molecule has 1 rings (SSSR count). The molecule has 0 aliphatic carbocycles. The first kappa shape index (κ1) is 11.8. The molecule has 1 atom stereocenters. The van der Waals surface area contributed by atoms with Gasteiger partial charge in [-0.2, -0.15) is 4.89 Å². The third-order valence-electron chi connectivity index (χ3n) is 2.00. The predicted octanol–water partition coefficient (Wildman–Crippen LogP) is 1.15. The summed E-state index contributed by atoms with van der Waals surface area (Å²) in [7, 11) is -0.925. The number of esters is 1. The molecule has 1 unspecified atom stereocenters. The van der Waals surface area contributed by atoms with E-state index in [2.05, 4.69) is 4.74 Å². The molecule has 0 fully saturated rings. The van der Waals surface area contributed by atoms with Gasteiger partial charge in [-0.1, -0.05) is 12.1 Å². The molecule has 0 bridgehead atoms. The lowest BCUT2D eigenvalue weighted by Gasteiger charge is -1.99. The summed E-state index contributed by atoms with van der Waals surface area (Å²) < 4.78 is 15.2. The average molecular weight is 227 g/mol. The fraction of sp³-hybridized carbons (Fsp3) is 0.300. The number of ether oxygens (including phenoxy) is 1. The minimum Gasteiger partial charge on any atom is -0.469 e. The second-order valence-electron chi connectivity index (χ2n) is 3.02. The van der Waals surface area contributed by atoms with Crippen LogP contribution in [0.5, 0.6) is 0 Å². The summed E-state index contributed by atoms with van der Waals surface area (Å²) in [4.78, 5) is 19.7. The normalized spacial score (nSPS) is 10.9. The van der Waals surface area contributed by atoms with E-state index in [-0.39, 0.29) is 5.97 Å². The van der Waals surface area contributed by atoms with Crippen molar-refractivity contribution in [1.82, 2.24) is 0 Å². The molecule has 0 aliphatic rings. The maximum absolute atomic E-state index is 10.9. The Bertz CT molecular complexity index is 358. The average Bonchev–Trinajstić information content (AvgIpc) is 2.26. The molecule has 15 heavy (non-hydrogen) atoms. The van der Waals surface area contributed by atoms with Gasteiger partial charge in [-0.15, -0.1) is 0 Å². The van der Waals surface area contributed by atoms with Crippen molar-refractivity contribution in [2.24, 2.45) is 0 Å². The van der Waals surface area contributed by atoms with Crippen LogP contribution in [0.1, 0.15) is 12.0 Å². The molecule has 4 nitrogen and oxygen atoms in total. The molecule has 0 aliphatic heterocycles. The molecule has 0 saturated carbocycles. The molecule has 0 saturated heterocycles. The predicted molar refractivity (Wildman–Crippen MR) is 56.2 cm³/mol. The lowest BCUT2D eigenvalue weighted by Crippen LogP contribution is -2.03. The van der Waals surface area contributed by atoms with E-state index in [9.17, 15) is 9.36 Å². The van der Waals surface area contributed by atoms with Crippen molar-refractivity contribution in [1.29, 1.82) is 0 Å². The van der Waals surface area contributed by atoms with E-state index in [0.717, 1.165) is 5.56 Å². The van der Waals surface area contributed by atoms with E-state index in [0.29, 0.717) is 18.1 Å². The molecule has 0 amide bonds. The van der Waals surface area contributed by atoms with E-state index < -0.39 is 8.03 Å². The third-order valence-corrected chi connectivity index (χ3v) is 2.74. The Morgan fingerprint density at radius 1 is 1.40 bits per heavy atom. The maximum Gasteiger partial charge on any atom is 0.546 e. The fourth-order valence-corrected chi connectivity index (χ4v) is 1.54. The zero-order chi connectivity index (χ0) is 11.3. The number of aryl methyl sites for hydroxylation is 1. The zero-order valence-corrected chi connectivity index (χ0v) is 9.24. The number of rotatable bonds is 4. The lowest BCUT2D eigenvalue weighted by molar-refractivity contribution is -0.140. The molecule has 0 spiro atoms. The topological polar surface area (TPSA) is 63.6 Å². The van der Waals surface area contributed by atoms with Crippen molar-refractivity contribution in [3.8, 4) is 0 Å². The summed E-state index contributed by atoms with van der Waals surface area (Å²) in [5.74, 6) is -0.257. The van der Waals surface area contributed by atoms with E-state index in [1.807, 2.05) is 0 Å². The third kappa shape index (κ3) is 3.78. The zero-order valence-electron chi connectivity index (χ0n) is 8.34. The van der Waals surface area contributed by atoms with Gasteiger partial charge in [0, 0.05) is 6.42 Å². The highest BCUT2D eigenvalue weighted by molar-refractivity contribution is 7.47. The number of methoxy groups -OCH3 is 1. The lowest BCUT2D eigenvalue weighted by atomic mass is 10.1. The first-order chi connectivity index (χ1) is 7.13. The SMILES string of the molecule is COC(=O)CCc1ccc([P+](=O)O)cc1. The number of carbonyl (C=O) groups excluding carboxylic acids is 1. The maximum atomic E-state index is 10.9. The van der Waals surface area contributed by atoms with E-state index >= 15 is 0 Å². The first-order valence-electron chi connectivity index (χ1n) is 4.45. The monoisotopic (exact) mass is 227 g/mol. The Kier molecular flexibility index (Phi) is 4.40. The standard InChI is InChI=1S/C10H11O4P/c1-14-10(11)7-4-8-2-5-9(6-3-8)15(12)13/h2-3,5-6H,4,7H2,1H3/p+1. The van der Waals surface area contributed by atoms with Crippen molar-refractivity contribution in [3.63, 3.8) is 0 Å². The number of hydrogen-bond acceptors (Lipinski definition) is 3. The largest absolute Gasteiger partial charge is 0.546 e. The highest BCUT2D eigenvalue weighted by Crippen LogP contribution is 2.13. The number of carbonyl (C=O) groups is 1. The number of hydrogen-bond donors (Lipinski definition) is 1. The molecular weight excluding hydrogens is 215 g/mol. The highest BCUT2D eigenvalue weighted by atomic mass is 31.1. The fourth-order valence-electron chi connectivity index (χ4n) is 1.14. The Morgan fingerprint density at radius 2 is 2.00 bits per heavy atom. The van der Waals surface area contributed by atoms with Gasteiger partial charge in [0.1, 0.15) is 0 Å². The molecule has 1 aromatic carbocycles. The van der Waals surface area contributed by atoms with Gasteiger partial charge < -0.3 is 4.74 Å². The van der Waals surface area contributed by atoms with Crippen molar-refractivity contribution < 1.29 is 19.0 Å². The Hall–Kier alpha value is -1.25. The molecule has 0 radical (unpaired) electrons. The van der Waals surface area contributed by atoms with Gasteiger partial charge in [-0.3, -0.25) is 4.79 Å². The van der Waals surface area contributed by atoms with Gasteiger partial charge in [-0.05, 0) is 28.7 Å². The van der Waals surface area contributed by atoms with Crippen LogP contribution in [0, 0.1) is 0 Å². The molecule has 1 aromatic rings. The minimum absolute atomic E-state index is 0.257. The smallest absolute Gasteiger partial charge is 0.469 e. The van der Waals surface area contributed by atoms with Crippen LogP contribution in [0.15, 0.2) is 24.3 Å². The van der Waals surface area contributed by atoms with Gasteiger partial charge in [0.15, 0.2) is 0 Å². The molecule has 0 heterocycles. The van der Waals surface area contributed by atoms with Crippen LogP contribution >= 0.6 is 8.03 Å². The highest BCUT2D eigenvalue weighted by Gasteiger charge is 2.14. The quantitative estimate of drug-likeness (QED) is 0.619. The van der Waals surface area contributed by atoms with Crippen LogP contribution in [0.25, 0.3) is 0 Å². The summed E-state index contributed by atoms with van der Waals surface area (Å²) in [6, 6.07) is 6.65. The molecule has 0 aromatic heterocycles. The van der Waals surface area contributed by atoms with Crippen molar-refractivity contribution in [2.75, 3.05) is 7.11 Å². The van der Waals surface area contributed by atoms with Crippen LogP contribution in [0.3, 0.4) is 0 Å².